The third kappa shape index (κ3) is 2.54. The van der Waals surface area contributed by atoms with Crippen molar-refractivity contribution in [3.63, 3.8) is 0 Å². The highest BCUT2D eigenvalue weighted by molar-refractivity contribution is 6.31. The second-order valence-electron chi connectivity index (χ2n) is 6.09. The fourth-order valence-electron chi connectivity index (χ4n) is 3.86. The van der Waals surface area contributed by atoms with Crippen molar-refractivity contribution >= 4 is 11.6 Å². The number of halogens is 1. The van der Waals surface area contributed by atoms with Crippen LogP contribution < -0.4 is 5.73 Å². The van der Waals surface area contributed by atoms with Crippen LogP contribution in [0.25, 0.3) is 0 Å². The van der Waals surface area contributed by atoms with Gasteiger partial charge in [0.15, 0.2) is 0 Å². The molecule has 1 aliphatic heterocycles. The largest absolute Gasteiger partial charge is 0.327 e. The molecule has 1 aromatic rings. The average molecular weight is 279 g/mol. The fraction of sp³-hybridized carbons (Fsp3) is 0.625. The average Bonchev–Trinajstić information content (AvgIpc) is 2.94. The van der Waals surface area contributed by atoms with Crippen molar-refractivity contribution in [1.82, 2.24) is 4.90 Å². The Labute approximate surface area is 120 Å². The molecule has 0 spiro atoms. The Morgan fingerprint density at radius 2 is 2.16 bits per heavy atom. The molecule has 0 radical (unpaired) electrons. The van der Waals surface area contributed by atoms with Crippen LogP contribution in [0.15, 0.2) is 18.2 Å². The molecule has 2 N–H and O–H groups in total. The standard InChI is InChI=1S/C16H23ClN2/c1-2-11-4-3-5-15(17)13(11)9-19-8-12-6-7-16(18)14(12)10-19/h3-5,12,14,16H,2,6-10,18H2,1H3. The predicted octanol–water partition coefficient (Wildman–Crippen LogP) is 3.07. The summed E-state index contributed by atoms with van der Waals surface area (Å²) in [5.74, 6) is 1.54. The van der Waals surface area contributed by atoms with Crippen LogP contribution in [0.1, 0.15) is 30.9 Å². The molecule has 0 bridgehead atoms. The normalized spacial score (nSPS) is 30.8. The van der Waals surface area contributed by atoms with Gasteiger partial charge in [-0.15, -0.1) is 0 Å². The Morgan fingerprint density at radius 3 is 2.89 bits per heavy atom. The summed E-state index contributed by atoms with van der Waals surface area (Å²) in [6.07, 6.45) is 3.58. The smallest absolute Gasteiger partial charge is 0.0453 e. The van der Waals surface area contributed by atoms with Crippen LogP contribution in [0.2, 0.25) is 5.02 Å². The quantitative estimate of drug-likeness (QED) is 0.921. The van der Waals surface area contributed by atoms with E-state index in [-0.39, 0.29) is 0 Å². The number of nitrogens with two attached hydrogens (primary N) is 1. The second-order valence-corrected chi connectivity index (χ2v) is 6.50. The molecule has 2 aliphatic rings. The molecular weight excluding hydrogens is 256 g/mol. The zero-order valence-electron chi connectivity index (χ0n) is 11.6. The van der Waals surface area contributed by atoms with Crippen molar-refractivity contribution in [2.75, 3.05) is 13.1 Å². The maximum Gasteiger partial charge on any atom is 0.0453 e. The summed E-state index contributed by atoms with van der Waals surface area (Å²) in [5, 5.41) is 0.917. The van der Waals surface area contributed by atoms with Gasteiger partial charge in [0, 0.05) is 30.7 Å². The van der Waals surface area contributed by atoms with Gasteiger partial charge in [-0.05, 0) is 48.3 Å². The maximum atomic E-state index is 6.38. The minimum atomic E-state index is 0.423. The van der Waals surface area contributed by atoms with Crippen LogP contribution in [-0.4, -0.2) is 24.0 Å². The van der Waals surface area contributed by atoms with Crippen molar-refractivity contribution in [3.05, 3.63) is 34.3 Å². The van der Waals surface area contributed by atoms with Gasteiger partial charge in [-0.25, -0.2) is 0 Å². The van der Waals surface area contributed by atoms with Crippen molar-refractivity contribution in [1.29, 1.82) is 0 Å². The van der Waals surface area contributed by atoms with E-state index in [0.29, 0.717) is 12.0 Å². The maximum absolute atomic E-state index is 6.38. The van der Waals surface area contributed by atoms with Gasteiger partial charge in [0.05, 0.1) is 0 Å². The summed E-state index contributed by atoms with van der Waals surface area (Å²) in [6, 6.07) is 6.69. The van der Waals surface area contributed by atoms with E-state index in [1.54, 1.807) is 0 Å². The number of likely N-dealkylation sites (tertiary alicyclic amines) is 1. The second kappa shape index (κ2) is 5.43. The molecule has 1 heterocycles. The van der Waals surface area contributed by atoms with Crippen LogP contribution in [0.4, 0.5) is 0 Å². The van der Waals surface area contributed by atoms with Crippen molar-refractivity contribution < 1.29 is 0 Å². The van der Waals surface area contributed by atoms with E-state index in [1.807, 2.05) is 6.07 Å². The molecule has 19 heavy (non-hydrogen) atoms. The lowest BCUT2D eigenvalue weighted by Gasteiger charge is -2.20. The summed E-state index contributed by atoms with van der Waals surface area (Å²) in [5.41, 5.74) is 8.91. The Bertz CT molecular complexity index is 460. The van der Waals surface area contributed by atoms with E-state index in [4.69, 9.17) is 17.3 Å². The van der Waals surface area contributed by atoms with Gasteiger partial charge in [-0.3, -0.25) is 4.90 Å². The molecule has 1 saturated heterocycles. The molecular formula is C16H23ClN2. The summed E-state index contributed by atoms with van der Waals surface area (Å²) in [4.78, 5) is 2.55. The monoisotopic (exact) mass is 278 g/mol. The lowest BCUT2D eigenvalue weighted by atomic mass is 9.98. The number of fused-ring (bicyclic) bond motifs is 1. The van der Waals surface area contributed by atoms with Gasteiger partial charge in [0.2, 0.25) is 0 Å². The lowest BCUT2D eigenvalue weighted by molar-refractivity contribution is 0.297. The Kier molecular flexibility index (Phi) is 3.84. The van der Waals surface area contributed by atoms with Crippen LogP contribution in [0.3, 0.4) is 0 Å². The SMILES string of the molecule is CCc1cccc(Cl)c1CN1CC2CCC(N)C2C1. The van der Waals surface area contributed by atoms with Gasteiger partial charge in [-0.1, -0.05) is 30.7 Å². The highest BCUT2D eigenvalue weighted by Crippen LogP contribution is 2.38. The topological polar surface area (TPSA) is 29.3 Å². The summed E-state index contributed by atoms with van der Waals surface area (Å²) in [6.45, 7) is 5.54. The highest BCUT2D eigenvalue weighted by atomic mass is 35.5. The lowest BCUT2D eigenvalue weighted by Crippen LogP contribution is -2.30. The molecule has 1 aromatic carbocycles. The molecule has 3 atom stereocenters. The minimum absolute atomic E-state index is 0.423. The van der Waals surface area contributed by atoms with Gasteiger partial charge < -0.3 is 5.73 Å². The molecule has 0 amide bonds. The number of hydrogen-bond acceptors (Lipinski definition) is 2. The van der Waals surface area contributed by atoms with Gasteiger partial charge in [-0.2, -0.15) is 0 Å². The molecule has 3 heteroatoms. The third-order valence-corrected chi connectivity index (χ3v) is 5.32. The van der Waals surface area contributed by atoms with E-state index in [9.17, 15) is 0 Å². The van der Waals surface area contributed by atoms with Crippen LogP contribution in [0, 0.1) is 11.8 Å². The van der Waals surface area contributed by atoms with Crippen molar-refractivity contribution in [2.24, 2.45) is 17.6 Å². The van der Waals surface area contributed by atoms with Gasteiger partial charge >= 0.3 is 0 Å². The zero-order valence-corrected chi connectivity index (χ0v) is 12.4. The minimum Gasteiger partial charge on any atom is -0.327 e. The van der Waals surface area contributed by atoms with Crippen molar-refractivity contribution in [3.8, 4) is 0 Å². The molecule has 104 valence electrons. The predicted molar refractivity (Wildman–Crippen MR) is 80.3 cm³/mol. The first kappa shape index (κ1) is 13.4. The van der Waals surface area contributed by atoms with E-state index >= 15 is 0 Å². The van der Waals surface area contributed by atoms with Crippen LogP contribution in [-0.2, 0) is 13.0 Å². The Morgan fingerprint density at radius 1 is 1.32 bits per heavy atom. The number of hydrogen-bond donors (Lipinski definition) is 1. The van der Waals surface area contributed by atoms with Gasteiger partial charge in [0.25, 0.3) is 0 Å². The molecule has 2 fully saturated rings. The fourth-order valence-corrected chi connectivity index (χ4v) is 4.12. The zero-order chi connectivity index (χ0) is 13.4. The highest BCUT2D eigenvalue weighted by Gasteiger charge is 2.40. The number of rotatable bonds is 3. The summed E-state index contributed by atoms with van der Waals surface area (Å²) < 4.78 is 0. The molecule has 3 unspecified atom stereocenters. The number of aryl methyl sites for hydroxylation is 1. The third-order valence-electron chi connectivity index (χ3n) is 4.97. The Balaban J connectivity index is 1.73. The van der Waals surface area contributed by atoms with Crippen LogP contribution >= 0.6 is 11.6 Å². The first-order valence-corrected chi connectivity index (χ1v) is 7.81. The molecule has 0 aromatic heterocycles. The van der Waals surface area contributed by atoms with E-state index in [2.05, 4.69) is 24.0 Å². The van der Waals surface area contributed by atoms with E-state index in [1.165, 1.54) is 30.5 Å². The van der Waals surface area contributed by atoms with E-state index in [0.717, 1.165) is 30.5 Å². The molecule has 2 nitrogen and oxygen atoms in total. The van der Waals surface area contributed by atoms with Crippen LogP contribution in [0.5, 0.6) is 0 Å². The first-order valence-electron chi connectivity index (χ1n) is 7.43. The molecule has 1 saturated carbocycles. The van der Waals surface area contributed by atoms with Crippen molar-refractivity contribution in [2.45, 2.75) is 38.8 Å². The van der Waals surface area contributed by atoms with Gasteiger partial charge in [0.1, 0.15) is 0 Å². The molecule has 1 aliphatic carbocycles. The molecule has 3 rings (SSSR count). The Hall–Kier alpha value is -0.570. The first-order chi connectivity index (χ1) is 9.19. The number of nitrogens with zero attached hydrogens (tertiary/aromatic N) is 1. The summed E-state index contributed by atoms with van der Waals surface area (Å²) >= 11 is 6.38. The number of benzene rings is 1. The van der Waals surface area contributed by atoms with E-state index < -0.39 is 0 Å². The summed E-state index contributed by atoms with van der Waals surface area (Å²) in [7, 11) is 0.